The molecule has 0 saturated carbocycles. The lowest BCUT2D eigenvalue weighted by Crippen LogP contribution is -2.14. The fraction of sp³-hybridized carbons (Fsp3) is 0.0750. The van der Waals surface area contributed by atoms with E-state index < -0.39 is 0 Å². The van der Waals surface area contributed by atoms with Gasteiger partial charge in [-0.3, -0.25) is 4.98 Å². The molecule has 4 aromatic heterocycles. The first-order valence-corrected chi connectivity index (χ1v) is 15.2. The largest absolute Gasteiger partial charge is 0.457 e. The highest BCUT2D eigenvalue weighted by Crippen LogP contribution is 2.54. The molecular formula is C40H28N4O. The van der Waals surface area contributed by atoms with Crippen LogP contribution in [-0.2, 0) is 5.41 Å². The number of rotatable bonds is 4. The molecule has 0 saturated heterocycles. The van der Waals surface area contributed by atoms with Gasteiger partial charge in [0.2, 0.25) is 0 Å². The lowest BCUT2D eigenvalue weighted by Gasteiger charge is -2.18. The van der Waals surface area contributed by atoms with E-state index in [1.54, 1.807) is 12.4 Å². The molecule has 0 amide bonds. The van der Waals surface area contributed by atoms with Crippen molar-refractivity contribution in [3.63, 3.8) is 0 Å². The Morgan fingerprint density at radius 1 is 0.644 bits per heavy atom. The summed E-state index contributed by atoms with van der Waals surface area (Å²) in [5.74, 6) is 1.67. The molecule has 4 aromatic carbocycles. The van der Waals surface area contributed by atoms with E-state index in [0.717, 1.165) is 61.5 Å². The number of nitrogens with zero attached hydrogens (tertiary/aromatic N) is 4. The number of furan rings is 1. The van der Waals surface area contributed by atoms with Crippen LogP contribution >= 0.6 is 0 Å². The molecular weight excluding hydrogens is 552 g/mol. The van der Waals surface area contributed by atoms with Gasteiger partial charge in [0.05, 0.1) is 16.9 Å². The van der Waals surface area contributed by atoms with E-state index in [2.05, 4.69) is 108 Å². The van der Waals surface area contributed by atoms with E-state index in [-0.39, 0.29) is 5.41 Å². The maximum atomic E-state index is 6.93. The highest BCUT2D eigenvalue weighted by Gasteiger charge is 2.42. The smallest absolute Gasteiger partial charge is 0.161 e. The Morgan fingerprint density at radius 3 is 2.07 bits per heavy atom. The Morgan fingerprint density at radius 2 is 1.31 bits per heavy atom. The van der Waals surface area contributed by atoms with Gasteiger partial charge in [-0.25, -0.2) is 9.97 Å². The zero-order valence-electron chi connectivity index (χ0n) is 24.9. The van der Waals surface area contributed by atoms with E-state index >= 15 is 0 Å². The summed E-state index contributed by atoms with van der Waals surface area (Å²) in [6.07, 6.45) is 3.59. The number of fused-ring (bicyclic) bond motifs is 7. The van der Waals surface area contributed by atoms with Crippen molar-refractivity contribution in [2.75, 3.05) is 0 Å². The molecule has 214 valence electrons. The molecule has 9 rings (SSSR count). The monoisotopic (exact) mass is 580 g/mol. The van der Waals surface area contributed by atoms with Gasteiger partial charge in [0.25, 0.3) is 0 Å². The molecule has 1 aliphatic carbocycles. The summed E-state index contributed by atoms with van der Waals surface area (Å²) in [4.78, 5) is 14.4. The lowest BCUT2D eigenvalue weighted by molar-refractivity contribution is 0.466. The van der Waals surface area contributed by atoms with E-state index in [4.69, 9.17) is 14.4 Å². The van der Waals surface area contributed by atoms with Crippen molar-refractivity contribution in [1.82, 2.24) is 19.5 Å². The molecule has 0 N–H and O–H groups in total. The van der Waals surface area contributed by atoms with E-state index in [1.807, 2.05) is 36.4 Å². The fourth-order valence-corrected chi connectivity index (χ4v) is 6.90. The molecule has 4 heterocycles. The van der Waals surface area contributed by atoms with Crippen LogP contribution in [0.15, 0.2) is 138 Å². The third kappa shape index (κ3) is 3.84. The summed E-state index contributed by atoms with van der Waals surface area (Å²) in [5.41, 5.74) is 12.3. The number of hydrogen-bond acceptors (Lipinski definition) is 4. The molecule has 1 aliphatic rings. The van der Waals surface area contributed by atoms with Gasteiger partial charge in [0.1, 0.15) is 11.3 Å². The molecule has 5 nitrogen and oxygen atoms in total. The Kier molecular flexibility index (Phi) is 5.47. The fourth-order valence-electron chi connectivity index (χ4n) is 6.90. The number of hydrogen-bond donors (Lipinski definition) is 0. The average molecular weight is 581 g/mol. The van der Waals surface area contributed by atoms with Crippen LogP contribution in [0.1, 0.15) is 25.2 Å². The maximum absolute atomic E-state index is 6.93. The first-order chi connectivity index (χ1) is 22.1. The van der Waals surface area contributed by atoms with E-state index in [0.29, 0.717) is 5.82 Å². The van der Waals surface area contributed by atoms with Crippen molar-refractivity contribution in [2.24, 2.45) is 0 Å². The Balaban J connectivity index is 1.33. The van der Waals surface area contributed by atoms with Crippen molar-refractivity contribution >= 4 is 22.0 Å². The van der Waals surface area contributed by atoms with Crippen molar-refractivity contribution in [3.05, 3.63) is 145 Å². The predicted molar refractivity (Wildman–Crippen MR) is 180 cm³/mol. The summed E-state index contributed by atoms with van der Waals surface area (Å²) < 4.78 is 9.28. The Labute approximate surface area is 260 Å². The van der Waals surface area contributed by atoms with Gasteiger partial charge >= 0.3 is 0 Å². The van der Waals surface area contributed by atoms with Crippen LogP contribution in [0, 0.1) is 0 Å². The second-order valence-corrected chi connectivity index (χ2v) is 12.1. The normalized spacial score (nSPS) is 13.3. The molecule has 45 heavy (non-hydrogen) atoms. The molecule has 8 aromatic rings. The zero-order valence-corrected chi connectivity index (χ0v) is 24.9. The van der Waals surface area contributed by atoms with Gasteiger partial charge in [0, 0.05) is 51.1 Å². The first-order valence-electron chi connectivity index (χ1n) is 15.2. The Hall–Kier alpha value is -5.81. The minimum absolute atomic E-state index is 0.247. The molecule has 0 bridgehead atoms. The van der Waals surface area contributed by atoms with Gasteiger partial charge in [0.15, 0.2) is 11.4 Å². The summed E-state index contributed by atoms with van der Waals surface area (Å²) in [6.45, 7) is 4.51. The van der Waals surface area contributed by atoms with Gasteiger partial charge in [-0.15, -0.1) is 0 Å². The van der Waals surface area contributed by atoms with Crippen LogP contribution in [0.25, 0.3) is 72.7 Å². The van der Waals surface area contributed by atoms with Crippen LogP contribution < -0.4 is 0 Å². The maximum Gasteiger partial charge on any atom is 0.161 e. The van der Waals surface area contributed by atoms with Crippen LogP contribution in [-0.4, -0.2) is 19.5 Å². The quantitative estimate of drug-likeness (QED) is 0.208. The van der Waals surface area contributed by atoms with E-state index in [1.165, 1.54) is 16.7 Å². The second-order valence-electron chi connectivity index (χ2n) is 12.1. The van der Waals surface area contributed by atoms with Crippen molar-refractivity contribution < 1.29 is 4.42 Å². The van der Waals surface area contributed by atoms with Gasteiger partial charge in [-0.2, -0.15) is 0 Å². The highest BCUT2D eigenvalue weighted by molar-refractivity contribution is 6.14. The number of para-hydroxylation sites is 1. The van der Waals surface area contributed by atoms with Crippen molar-refractivity contribution in [2.45, 2.75) is 19.3 Å². The van der Waals surface area contributed by atoms with Crippen molar-refractivity contribution in [3.8, 4) is 50.7 Å². The minimum atomic E-state index is -0.247. The van der Waals surface area contributed by atoms with Crippen LogP contribution in [0.4, 0.5) is 0 Å². The average Bonchev–Trinajstić information content (AvgIpc) is 3.71. The number of aromatic nitrogens is 4. The van der Waals surface area contributed by atoms with Crippen LogP contribution in [0.2, 0.25) is 0 Å². The molecule has 0 aliphatic heterocycles. The van der Waals surface area contributed by atoms with Crippen LogP contribution in [0.3, 0.4) is 0 Å². The summed E-state index contributed by atoms with van der Waals surface area (Å²) >= 11 is 0. The topological polar surface area (TPSA) is 56.7 Å². The second kappa shape index (κ2) is 9.60. The third-order valence-corrected chi connectivity index (χ3v) is 9.07. The molecule has 0 unspecified atom stereocenters. The lowest BCUT2D eigenvalue weighted by atomic mass is 9.86. The first kappa shape index (κ1) is 25.7. The van der Waals surface area contributed by atoms with Gasteiger partial charge in [-0.1, -0.05) is 72.8 Å². The SMILES string of the molecule is CC1(C)c2ccccc2-c2c1oc1c3cc(-c4nc(-c5ccccc5)cc(-c5ccncc5)n4)ccc3n(-c3ccccc3)c21. The summed E-state index contributed by atoms with van der Waals surface area (Å²) in [6, 6.07) is 42.0. The molecule has 0 spiro atoms. The third-order valence-electron chi connectivity index (χ3n) is 9.07. The molecule has 0 fully saturated rings. The van der Waals surface area contributed by atoms with Crippen LogP contribution in [0.5, 0.6) is 0 Å². The predicted octanol–water partition coefficient (Wildman–Crippen LogP) is 9.87. The Bertz CT molecular complexity index is 2330. The standard InChI is InChI=1S/C40H28N4O/c1-40(2)31-16-10-9-15-29(31)35-36-37(45-38(35)40)30-23-27(17-18-34(30)44(36)28-13-7-4-8-14-28)39-42-32(25-11-5-3-6-12-25)24-33(43-39)26-19-21-41-22-20-26/h3-24H,1-2H3. The minimum Gasteiger partial charge on any atom is -0.457 e. The zero-order chi connectivity index (χ0) is 30.1. The molecule has 0 radical (unpaired) electrons. The molecule has 5 heteroatoms. The van der Waals surface area contributed by atoms with Gasteiger partial charge in [-0.05, 0) is 73.5 Å². The molecule has 0 atom stereocenters. The van der Waals surface area contributed by atoms with Crippen molar-refractivity contribution in [1.29, 1.82) is 0 Å². The highest BCUT2D eigenvalue weighted by atomic mass is 16.3. The summed E-state index contributed by atoms with van der Waals surface area (Å²) in [7, 11) is 0. The van der Waals surface area contributed by atoms with E-state index in [9.17, 15) is 0 Å². The number of benzene rings is 4. The summed E-state index contributed by atoms with van der Waals surface area (Å²) in [5, 5.41) is 1.04. The number of pyridine rings is 1. The van der Waals surface area contributed by atoms with Gasteiger partial charge < -0.3 is 8.98 Å².